The number of nitrogens with one attached hydrogen (secondary N) is 1. The molecule has 0 spiro atoms. The van der Waals surface area contributed by atoms with Gasteiger partial charge in [0.1, 0.15) is 0 Å². The standard InChI is InChI=1S/C8H10N2/c9-7-3-1-2-6(4-7)8-5-10-8/h1-4,8,10H,5,9H2. The van der Waals surface area contributed by atoms with Crippen LogP contribution in [-0.2, 0) is 0 Å². The number of nitrogens with two attached hydrogens (primary N) is 1. The van der Waals surface area contributed by atoms with Gasteiger partial charge in [0.2, 0.25) is 0 Å². The van der Waals surface area contributed by atoms with Crippen molar-refractivity contribution >= 4 is 5.69 Å². The quantitative estimate of drug-likeness (QED) is 0.443. The van der Waals surface area contributed by atoms with E-state index < -0.39 is 0 Å². The highest BCUT2D eigenvalue weighted by molar-refractivity contribution is 5.42. The maximum atomic E-state index is 5.60. The van der Waals surface area contributed by atoms with Gasteiger partial charge in [0.25, 0.3) is 0 Å². The van der Waals surface area contributed by atoms with E-state index >= 15 is 0 Å². The summed E-state index contributed by atoms with van der Waals surface area (Å²) in [6.45, 7) is 1.10. The minimum atomic E-state index is 0.573. The van der Waals surface area contributed by atoms with E-state index in [-0.39, 0.29) is 0 Å². The topological polar surface area (TPSA) is 48.0 Å². The normalized spacial score (nSPS) is 22.6. The zero-order chi connectivity index (χ0) is 6.97. The lowest BCUT2D eigenvalue weighted by molar-refractivity contribution is 1.08. The van der Waals surface area contributed by atoms with Gasteiger partial charge in [0.15, 0.2) is 0 Å². The van der Waals surface area contributed by atoms with E-state index in [1.165, 1.54) is 5.56 Å². The third kappa shape index (κ3) is 0.977. The molecule has 1 aliphatic heterocycles. The van der Waals surface area contributed by atoms with E-state index in [1.807, 2.05) is 18.2 Å². The number of hydrogen-bond acceptors (Lipinski definition) is 2. The summed E-state index contributed by atoms with van der Waals surface area (Å²) in [6, 6.07) is 8.59. The molecule has 2 nitrogen and oxygen atoms in total. The molecule has 1 unspecified atom stereocenters. The van der Waals surface area contributed by atoms with Crippen LogP contribution >= 0.6 is 0 Å². The fourth-order valence-corrected chi connectivity index (χ4v) is 1.07. The number of benzene rings is 1. The van der Waals surface area contributed by atoms with E-state index in [2.05, 4.69) is 11.4 Å². The molecule has 0 aromatic heterocycles. The number of anilines is 1. The van der Waals surface area contributed by atoms with Crippen molar-refractivity contribution in [3.63, 3.8) is 0 Å². The molecule has 3 N–H and O–H groups in total. The van der Waals surface area contributed by atoms with Gasteiger partial charge in [-0.1, -0.05) is 12.1 Å². The molecule has 0 saturated carbocycles. The van der Waals surface area contributed by atoms with Crippen molar-refractivity contribution in [3.05, 3.63) is 29.8 Å². The monoisotopic (exact) mass is 134 g/mol. The summed E-state index contributed by atoms with van der Waals surface area (Å²) < 4.78 is 0. The van der Waals surface area contributed by atoms with Crippen LogP contribution in [0.4, 0.5) is 5.69 Å². The van der Waals surface area contributed by atoms with Crippen LogP contribution in [0, 0.1) is 0 Å². The first-order valence-corrected chi connectivity index (χ1v) is 3.45. The Morgan fingerprint density at radius 1 is 1.50 bits per heavy atom. The highest BCUT2D eigenvalue weighted by Gasteiger charge is 2.21. The van der Waals surface area contributed by atoms with Gasteiger partial charge in [-0.05, 0) is 17.7 Å². The Kier molecular flexibility index (Phi) is 1.14. The molecule has 1 atom stereocenters. The molecule has 1 heterocycles. The molecular weight excluding hydrogens is 124 g/mol. The summed E-state index contributed by atoms with van der Waals surface area (Å²) >= 11 is 0. The van der Waals surface area contributed by atoms with Crippen LogP contribution in [-0.4, -0.2) is 6.54 Å². The second-order valence-corrected chi connectivity index (χ2v) is 2.63. The molecule has 1 aromatic carbocycles. The van der Waals surface area contributed by atoms with Gasteiger partial charge >= 0.3 is 0 Å². The fraction of sp³-hybridized carbons (Fsp3) is 0.250. The minimum absolute atomic E-state index is 0.573. The van der Waals surface area contributed by atoms with E-state index in [1.54, 1.807) is 0 Å². The second-order valence-electron chi connectivity index (χ2n) is 2.63. The van der Waals surface area contributed by atoms with Crippen molar-refractivity contribution < 1.29 is 0 Å². The summed E-state index contributed by atoms with van der Waals surface area (Å²) in [5.74, 6) is 0. The summed E-state index contributed by atoms with van der Waals surface area (Å²) in [5.41, 5.74) is 7.75. The van der Waals surface area contributed by atoms with Gasteiger partial charge in [0, 0.05) is 18.3 Å². The maximum absolute atomic E-state index is 5.60. The van der Waals surface area contributed by atoms with Crippen LogP contribution in [0.1, 0.15) is 11.6 Å². The summed E-state index contributed by atoms with van der Waals surface area (Å²) in [4.78, 5) is 0. The summed E-state index contributed by atoms with van der Waals surface area (Å²) in [7, 11) is 0. The van der Waals surface area contributed by atoms with E-state index in [9.17, 15) is 0 Å². The maximum Gasteiger partial charge on any atom is 0.0448 e. The van der Waals surface area contributed by atoms with Crippen LogP contribution in [0.25, 0.3) is 0 Å². The Morgan fingerprint density at radius 3 is 2.90 bits per heavy atom. The Hall–Kier alpha value is -1.02. The lowest BCUT2D eigenvalue weighted by Gasteiger charge is -1.96. The van der Waals surface area contributed by atoms with Gasteiger partial charge in [-0.15, -0.1) is 0 Å². The van der Waals surface area contributed by atoms with Gasteiger partial charge in [0.05, 0.1) is 0 Å². The zero-order valence-corrected chi connectivity index (χ0v) is 5.67. The van der Waals surface area contributed by atoms with Crippen LogP contribution < -0.4 is 11.1 Å². The largest absolute Gasteiger partial charge is 0.399 e. The van der Waals surface area contributed by atoms with Gasteiger partial charge < -0.3 is 11.1 Å². The first-order valence-electron chi connectivity index (χ1n) is 3.45. The van der Waals surface area contributed by atoms with E-state index in [0.717, 1.165) is 12.2 Å². The first-order chi connectivity index (χ1) is 4.86. The molecule has 2 rings (SSSR count). The van der Waals surface area contributed by atoms with Crippen molar-refractivity contribution in [2.75, 3.05) is 12.3 Å². The molecule has 1 saturated heterocycles. The fourth-order valence-electron chi connectivity index (χ4n) is 1.07. The van der Waals surface area contributed by atoms with Crippen LogP contribution in [0.3, 0.4) is 0 Å². The molecule has 52 valence electrons. The Bertz CT molecular complexity index is 241. The third-order valence-corrected chi connectivity index (χ3v) is 1.72. The van der Waals surface area contributed by atoms with Crippen molar-refractivity contribution in [2.45, 2.75) is 6.04 Å². The number of nitrogen functional groups attached to an aromatic ring is 1. The Balaban J connectivity index is 2.32. The lowest BCUT2D eigenvalue weighted by atomic mass is 10.1. The molecular formula is C8H10N2. The predicted octanol–water partition coefficient (Wildman–Crippen LogP) is 0.913. The number of hydrogen-bond donors (Lipinski definition) is 2. The van der Waals surface area contributed by atoms with Crippen molar-refractivity contribution in [3.8, 4) is 0 Å². The summed E-state index contributed by atoms with van der Waals surface area (Å²) in [6.07, 6.45) is 0. The number of rotatable bonds is 1. The van der Waals surface area contributed by atoms with Crippen LogP contribution in [0.15, 0.2) is 24.3 Å². The van der Waals surface area contributed by atoms with Gasteiger partial charge in [-0.3, -0.25) is 0 Å². The van der Waals surface area contributed by atoms with E-state index in [4.69, 9.17) is 5.73 Å². The highest BCUT2D eigenvalue weighted by atomic mass is 15.1. The molecule has 1 fully saturated rings. The van der Waals surface area contributed by atoms with Crippen LogP contribution in [0.5, 0.6) is 0 Å². The highest BCUT2D eigenvalue weighted by Crippen LogP contribution is 2.22. The zero-order valence-electron chi connectivity index (χ0n) is 5.67. The molecule has 0 bridgehead atoms. The van der Waals surface area contributed by atoms with E-state index in [0.29, 0.717) is 6.04 Å². The summed E-state index contributed by atoms with van der Waals surface area (Å²) in [5, 5.41) is 3.22. The van der Waals surface area contributed by atoms with Gasteiger partial charge in [-0.2, -0.15) is 0 Å². The minimum Gasteiger partial charge on any atom is -0.399 e. The predicted molar refractivity (Wildman–Crippen MR) is 41.6 cm³/mol. The average molecular weight is 134 g/mol. The average Bonchev–Trinajstić information content (AvgIpc) is 2.68. The smallest absolute Gasteiger partial charge is 0.0448 e. The Morgan fingerprint density at radius 2 is 2.30 bits per heavy atom. The molecule has 10 heavy (non-hydrogen) atoms. The third-order valence-electron chi connectivity index (χ3n) is 1.72. The molecule has 2 heteroatoms. The van der Waals surface area contributed by atoms with Gasteiger partial charge in [-0.25, -0.2) is 0 Å². The first kappa shape index (κ1) is 5.74. The Labute approximate surface area is 60.0 Å². The molecule has 1 aromatic rings. The van der Waals surface area contributed by atoms with Crippen molar-refractivity contribution in [1.29, 1.82) is 0 Å². The van der Waals surface area contributed by atoms with Crippen LogP contribution in [0.2, 0.25) is 0 Å². The molecule has 0 aliphatic carbocycles. The molecule has 0 radical (unpaired) electrons. The lowest BCUT2D eigenvalue weighted by Crippen LogP contribution is -1.88. The molecule has 0 amide bonds. The molecule has 1 aliphatic rings. The second kappa shape index (κ2) is 1.99. The van der Waals surface area contributed by atoms with Crippen molar-refractivity contribution in [1.82, 2.24) is 5.32 Å². The SMILES string of the molecule is Nc1cccc(C2CN2)c1. The van der Waals surface area contributed by atoms with Crippen molar-refractivity contribution in [2.24, 2.45) is 0 Å².